The smallest absolute Gasteiger partial charge is 0.161 e. The van der Waals surface area contributed by atoms with Crippen molar-refractivity contribution in [2.24, 2.45) is 0 Å². The molecule has 2 heterocycles. The lowest BCUT2D eigenvalue weighted by molar-refractivity contribution is 0.0778. The first kappa shape index (κ1) is 18.7. The van der Waals surface area contributed by atoms with Crippen molar-refractivity contribution < 1.29 is 19.3 Å². The highest BCUT2D eigenvalue weighted by Crippen LogP contribution is 2.30. The Balaban J connectivity index is 1.17. The van der Waals surface area contributed by atoms with Crippen LogP contribution in [0.25, 0.3) is 11.3 Å². The maximum Gasteiger partial charge on any atom is 0.161 e. The maximum absolute atomic E-state index is 10.1. The fourth-order valence-corrected chi connectivity index (χ4v) is 3.30. The number of rotatable bonds is 8. The van der Waals surface area contributed by atoms with Crippen LogP contribution in [0, 0.1) is 0 Å². The lowest BCUT2D eigenvalue weighted by Gasteiger charge is -2.27. The Morgan fingerprint density at radius 2 is 2.00 bits per heavy atom. The number of nitrogens with one attached hydrogen (secondary N) is 1. The van der Waals surface area contributed by atoms with Gasteiger partial charge in [-0.3, -0.25) is 0 Å². The van der Waals surface area contributed by atoms with Gasteiger partial charge in [0.1, 0.15) is 36.9 Å². The summed E-state index contributed by atoms with van der Waals surface area (Å²) in [7, 11) is 0. The van der Waals surface area contributed by atoms with Gasteiger partial charge in [0.25, 0.3) is 0 Å². The molecular formula is C20H21N3O4S. The van der Waals surface area contributed by atoms with Crippen LogP contribution in [0.3, 0.4) is 0 Å². The van der Waals surface area contributed by atoms with Crippen LogP contribution >= 0.6 is 11.5 Å². The highest BCUT2D eigenvalue weighted by Gasteiger charge is 2.20. The normalized spacial score (nSPS) is 16.5. The summed E-state index contributed by atoms with van der Waals surface area (Å²) in [4.78, 5) is 0. The number of nitrogens with zero attached hydrogens (tertiary/aromatic N) is 2. The van der Waals surface area contributed by atoms with Gasteiger partial charge in [-0.15, -0.1) is 5.10 Å². The zero-order valence-electron chi connectivity index (χ0n) is 15.2. The zero-order valence-corrected chi connectivity index (χ0v) is 16.0. The Labute approximate surface area is 167 Å². The SMILES string of the molecule is OC(CNCC1COc2ccccc2O1)COc1ccc(-c2csnn2)cc1. The molecule has 3 aromatic rings. The zero-order chi connectivity index (χ0) is 19.2. The van der Waals surface area contributed by atoms with Gasteiger partial charge in [-0.25, -0.2) is 0 Å². The molecule has 0 saturated carbocycles. The number of benzene rings is 2. The molecule has 0 spiro atoms. The minimum atomic E-state index is -0.626. The molecule has 2 atom stereocenters. The number of aromatic nitrogens is 2. The van der Waals surface area contributed by atoms with Gasteiger partial charge in [-0.2, -0.15) is 0 Å². The third-order valence-electron chi connectivity index (χ3n) is 4.27. The van der Waals surface area contributed by atoms with E-state index in [0.29, 0.717) is 25.4 Å². The lowest BCUT2D eigenvalue weighted by atomic mass is 10.2. The number of hydrogen-bond acceptors (Lipinski definition) is 8. The number of aliphatic hydroxyl groups excluding tert-OH is 1. The topological polar surface area (TPSA) is 85.7 Å². The molecule has 7 nitrogen and oxygen atoms in total. The quantitative estimate of drug-likeness (QED) is 0.601. The van der Waals surface area contributed by atoms with Crippen molar-refractivity contribution >= 4 is 11.5 Å². The van der Waals surface area contributed by atoms with E-state index in [1.165, 1.54) is 11.5 Å². The molecule has 0 fully saturated rings. The second-order valence-corrected chi connectivity index (χ2v) is 7.05. The van der Waals surface area contributed by atoms with E-state index in [-0.39, 0.29) is 12.7 Å². The Hall–Kier alpha value is -2.68. The average Bonchev–Trinajstić information content (AvgIpc) is 3.27. The van der Waals surface area contributed by atoms with Crippen LogP contribution in [0.2, 0.25) is 0 Å². The molecule has 0 aliphatic carbocycles. The average molecular weight is 399 g/mol. The van der Waals surface area contributed by atoms with Crippen LogP contribution in [0.5, 0.6) is 17.2 Å². The van der Waals surface area contributed by atoms with Gasteiger partial charge in [-0.05, 0) is 47.9 Å². The predicted molar refractivity (Wildman–Crippen MR) is 106 cm³/mol. The molecule has 0 saturated heterocycles. The van der Waals surface area contributed by atoms with E-state index in [4.69, 9.17) is 14.2 Å². The Kier molecular flexibility index (Phi) is 6.01. The summed E-state index contributed by atoms with van der Waals surface area (Å²) in [5, 5.41) is 19.3. The summed E-state index contributed by atoms with van der Waals surface area (Å²) in [5.74, 6) is 2.22. The minimum Gasteiger partial charge on any atom is -0.491 e. The van der Waals surface area contributed by atoms with Crippen molar-refractivity contribution in [3.05, 3.63) is 53.9 Å². The highest BCUT2D eigenvalue weighted by molar-refractivity contribution is 7.03. The molecule has 4 rings (SSSR count). The summed E-state index contributed by atoms with van der Waals surface area (Å²) < 4.78 is 21.1. The van der Waals surface area contributed by atoms with Crippen LogP contribution in [-0.2, 0) is 0 Å². The molecule has 0 amide bonds. The van der Waals surface area contributed by atoms with Gasteiger partial charge >= 0.3 is 0 Å². The molecule has 1 aliphatic rings. The molecular weight excluding hydrogens is 378 g/mol. The molecule has 146 valence electrons. The predicted octanol–water partition coefficient (Wildman–Crippen LogP) is 2.37. The third kappa shape index (κ3) is 4.78. The summed E-state index contributed by atoms with van der Waals surface area (Å²) in [6, 6.07) is 15.2. The molecule has 1 aromatic heterocycles. The summed E-state index contributed by atoms with van der Waals surface area (Å²) in [6.07, 6.45) is -0.713. The van der Waals surface area contributed by atoms with E-state index in [1.54, 1.807) is 0 Å². The second-order valence-electron chi connectivity index (χ2n) is 6.44. The summed E-state index contributed by atoms with van der Waals surface area (Å²) in [5.41, 5.74) is 1.83. The molecule has 8 heteroatoms. The second kappa shape index (κ2) is 9.01. The fraction of sp³-hybridized carbons (Fsp3) is 0.300. The van der Waals surface area contributed by atoms with Crippen molar-refractivity contribution in [1.82, 2.24) is 14.9 Å². The van der Waals surface area contributed by atoms with Crippen LogP contribution in [-0.4, -0.2) is 53.2 Å². The van der Waals surface area contributed by atoms with E-state index < -0.39 is 6.10 Å². The summed E-state index contributed by atoms with van der Waals surface area (Å²) in [6.45, 7) is 1.68. The Morgan fingerprint density at radius 1 is 1.18 bits per heavy atom. The molecule has 2 unspecified atom stereocenters. The lowest BCUT2D eigenvalue weighted by Crippen LogP contribution is -2.41. The molecule has 2 N–H and O–H groups in total. The van der Waals surface area contributed by atoms with Crippen molar-refractivity contribution in [3.63, 3.8) is 0 Å². The van der Waals surface area contributed by atoms with Gasteiger partial charge in [0, 0.05) is 24.0 Å². The van der Waals surface area contributed by atoms with Crippen molar-refractivity contribution in [3.8, 4) is 28.5 Å². The van der Waals surface area contributed by atoms with Gasteiger partial charge in [0.15, 0.2) is 11.5 Å². The molecule has 2 aromatic carbocycles. The van der Waals surface area contributed by atoms with Gasteiger partial charge in [0.2, 0.25) is 0 Å². The first-order valence-corrected chi connectivity index (χ1v) is 9.89. The maximum atomic E-state index is 10.1. The van der Waals surface area contributed by atoms with Crippen LogP contribution in [0.1, 0.15) is 0 Å². The standard InChI is InChI=1S/C20H21N3O4S/c24-15(9-21-10-17-12-26-19-3-1-2-4-20(19)27-17)11-25-16-7-5-14(6-8-16)18-13-28-23-22-18/h1-8,13,15,17,21,24H,9-12H2. The van der Waals surface area contributed by atoms with Crippen LogP contribution < -0.4 is 19.5 Å². The van der Waals surface area contributed by atoms with E-state index in [1.807, 2.05) is 53.9 Å². The fourth-order valence-electron chi connectivity index (χ4n) is 2.84. The first-order chi connectivity index (χ1) is 13.8. The third-order valence-corrected chi connectivity index (χ3v) is 4.78. The van der Waals surface area contributed by atoms with Gasteiger partial charge in [0.05, 0.1) is 0 Å². The molecule has 28 heavy (non-hydrogen) atoms. The Morgan fingerprint density at radius 3 is 2.79 bits per heavy atom. The number of hydrogen-bond donors (Lipinski definition) is 2. The van der Waals surface area contributed by atoms with Crippen molar-refractivity contribution in [2.45, 2.75) is 12.2 Å². The van der Waals surface area contributed by atoms with Gasteiger partial charge in [-0.1, -0.05) is 16.6 Å². The Bertz CT molecular complexity index is 873. The number of ether oxygens (including phenoxy) is 3. The number of aliphatic hydroxyl groups is 1. The van der Waals surface area contributed by atoms with Crippen molar-refractivity contribution in [2.75, 3.05) is 26.3 Å². The highest BCUT2D eigenvalue weighted by atomic mass is 32.1. The molecule has 1 aliphatic heterocycles. The summed E-state index contributed by atoms with van der Waals surface area (Å²) >= 11 is 1.32. The van der Waals surface area contributed by atoms with Gasteiger partial charge < -0.3 is 24.6 Å². The van der Waals surface area contributed by atoms with E-state index >= 15 is 0 Å². The van der Waals surface area contributed by atoms with E-state index in [9.17, 15) is 5.11 Å². The number of fused-ring (bicyclic) bond motifs is 1. The van der Waals surface area contributed by atoms with Crippen LogP contribution in [0.15, 0.2) is 53.9 Å². The molecule has 0 radical (unpaired) electrons. The van der Waals surface area contributed by atoms with Crippen LogP contribution in [0.4, 0.5) is 0 Å². The molecule has 0 bridgehead atoms. The first-order valence-electron chi connectivity index (χ1n) is 9.05. The van der Waals surface area contributed by atoms with E-state index in [2.05, 4.69) is 14.9 Å². The monoisotopic (exact) mass is 399 g/mol. The number of para-hydroxylation sites is 2. The minimum absolute atomic E-state index is 0.0873. The van der Waals surface area contributed by atoms with E-state index in [0.717, 1.165) is 22.8 Å². The largest absolute Gasteiger partial charge is 0.491 e. The van der Waals surface area contributed by atoms with Crippen molar-refractivity contribution in [1.29, 1.82) is 0 Å².